The molecule has 1 saturated heterocycles. The van der Waals surface area contributed by atoms with Crippen LogP contribution in [0.25, 0.3) is 22.0 Å². The molecule has 3 aliphatic rings. The van der Waals surface area contributed by atoms with E-state index in [1.807, 2.05) is 18.3 Å². The van der Waals surface area contributed by atoms with E-state index in [0.29, 0.717) is 75.4 Å². The van der Waals surface area contributed by atoms with Crippen molar-refractivity contribution in [3.63, 3.8) is 0 Å². The maximum Gasteiger partial charge on any atom is 0.278 e. The highest BCUT2D eigenvalue weighted by atomic mass is 32.2. The number of carbonyl (C=O) groups excluding carboxylic acids is 16. The fraction of sp³-hybridized carbons (Fsp3) is 0.466. The normalized spacial score (nSPS) is 15.0. The number of ether oxygens (including phenoxy) is 5. The van der Waals surface area contributed by atoms with E-state index in [-0.39, 0.29) is 221 Å². The van der Waals surface area contributed by atoms with Crippen molar-refractivity contribution in [2.45, 2.75) is 153 Å². The number of hydrogen-bond donors (Lipinski definition) is 7. The minimum absolute atomic E-state index is 0.00744. The van der Waals surface area contributed by atoms with E-state index in [0.717, 1.165) is 28.2 Å². The Morgan fingerprint density at radius 1 is 0.616 bits per heavy atom. The molecule has 1 unspecified atom stereocenters. The molecule has 3 aromatic carbocycles. The Hall–Kier alpha value is -12.2. The van der Waals surface area contributed by atoms with Gasteiger partial charge >= 0.3 is 0 Å². The van der Waals surface area contributed by atoms with Crippen LogP contribution in [0.4, 0.5) is 5.82 Å². The van der Waals surface area contributed by atoms with Crippen LogP contribution < -0.4 is 36.6 Å². The summed E-state index contributed by atoms with van der Waals surface area (Å²) in [5.41, 5.74) is 5.78. The van der Waals surface area contributed by atoms with Gasteiger partial charge in [-0.25, -0.2) is 4.98 Å². The Morgan fingerprint density at radius 2 is 1.29 bits per heavy atom. The number of imide groups is 1. The van der Waals surface area contributed by atoms with Crippen LogP contribution in [0.5, 0.6) is 5.75 Å². The number of rotatable bonds is 53. The van der Waals surface area contributed by atoms with Gasteiger partial charge in [0.15, 0.2) is 29.0 Å². The topological polar surface area (TPSA) is 480 Å². The molecule has 9 amide bonds. The second kappa shape index (κ2) is 46.5. The Bertz CT molecular complexity index is 5180. The molecule has 3 aliphatic heterocycles. The quantitative estimate of drug-likeness (QED) is 0.00911. The number of fused-ring (bicyclic) bond motifs is 3. The van der Waals surface area contributed by atoms with E-state index in [9.17, 15) is 89.7 Å². The van der Waals surface area contributed by atoms with Crippen molar-refractivity contribution >= 4 is 121 Å². The van der Waals surface area contributed by atoms with Crippen molar-refractivity contribution in [2.24, 2.45) is 20.0 Å². The molecular formula is C88H108N12O24S. The summed E-state index contributed by atoms with van der Waals surface area (Å²) in [5.74, 6) is -7.78. The molecule has 6 heterocycles. The predicted molar refractivity (Wildman–Crippen MR) is 453 cm³/mol. The van der Waals surface area contributed by atoms with E-state index in [2.05, 4.69) is 43.5 Å². The van der Waals surface area contributed by atoms with Crippen LogP contribution in [0.1, 0.15) is 157 Å². The van der Waals surface area contributed by atoms with Crippen molar-refractivity contribution in [2.75, 3.05) is 98.0 Å². The summed E-state index contributed by atoms with van der Waals surface area (Å²) in [4.78, 5) is 215. The molecule has 5 atom stereocenters. The third kappa shape index (κ3) is 29.0. The lowest BCUT2D eigenvalue weighted by Gasteiger charge is -2.26. The summed E-state index contributed by atoms with van der Waals surface area (Å²) in [6.07, 6.45) is 6.22. The Balaban J connectivity index is 0.692. The highest BCUT2D eigenvalue weighted by Crippen LogP contribution is 2.37. The molecule has 36 nitrogen and oxygen atoms in total. The van der Waals surface area contributed by atoms with Crippen molar-refractivity contribution in [3.8, 4) is 16.9 Å². The summed E-state index contributed by atoms with van der Waals surface area (Å²) in [6.45, 7) is 9.61. The number of amides is 9. The zero-order valence-corrected chi connectivity index (χ0v) is 71.8. The molecule has 0 radical (unpaired) electrons. The molecule has 3 aromatic heterocycles. The third-order valence-corrected chi connectivity index (χ3v) is 22.6. The second-order valence-electron chi connectivity index (χ2n) is 31.2. The zero-order chi connectivity index (χ0) is 90.6. The minimum Gasteiger partial charge on any atom is -0.493 e. The van der Waals surface area contributed by atoms with Crippen molar-refractivity contribution < 1.29 is 113 Å². The Morgan fingerprint density at radius 3 is 2.00 bits per heavy atom. The van der Waals surface area contributed by atoms with Crippen LogP contribution in [0.15, 0.2) is 110 Å². The first-order valence-electron chi connectivity index (χ1n) is 41.4. The van der Waals surface area contributed by atoms with E-state index in [1.165, 1.54) is 41.2 Å². The molecule has 0 aliphatic carbocycles. The van der Waals surface area contributed by atoms with Crippen molar-refractivity contribution in [1.29, 1.82) is 0 Å². The average Bonchev–Trinajstić information content (AvgIpc) is 1.62. The van der Waals surface area contributed by atoms with Crippen LogP contribution in [0.3, 0.4) is 0 Å². The summed E-state index contributed by atoms with van der Waals surface area (Å²) in [5, 5.41) is 14.9. The zero-order valence-electron chi connectivity index (χ0n) is 71.0. The Kier molecular flexibility index (Phi) is 36.0. The number of carbonyl (C=O) groups is 16. The van der Waals surface area contributed by atoms with E-state index < -0.39 is 98.7 Å². The number of aromatic nitrogens is 4. The summed E-state index contributed by atoms with van der Waals surface area (Å²) >= 11 is 0. The maximum atomic E-state index is 14.2. The molecule has 9 rings (SSSR count). The number of aryl methyl sites for hydroxylation is 3. The molecule has 125 heavy (non-hydrogen) atoms. The van der Waals surface area contributed by atoms with Gasteiger partial charge in [0.25, 0.3) is 33.7 Å². The highest BCUT2D eigenvalue weighted by molar-refractivity contribution is 7.86. The van der Waals surface area contributed by atoms with E-state index in [1.54, 1.807) is 86.4 Å². The number of benzene rings is 3. The monoisotopic (exact) mass is 1750 g/mol. The van der Waals surface area contributed by atoms with Gasteiger partial charge in [-0.3, -0.25) is 90.7 Å². The number of anilines is 1. The average molecular weight is 1750 g/mol. The second-order valence-corrected chi connectivity index (χ2v) is 32.8. The highest BCUT2D eigenvalue weighted by Gasteiger charge is 2.46. The van der Waals surface area contributed by atoms with Crippen molar-refractivity contribution in [1.82, 2.24) is 55.1 Å². The maximum absolute atomic E-state index is 14.2. The molecular weight excluding hydrogens is 1640 g/mol. The lowest BCUT2D eigenvalue weighted by atomic mass is 9.94. The third-order valence-electron chi connectivity index (χ3n) is 21.4. The SMILES string of the molecule is C=C1C[C@H]2C(S(=O)(=O)O)Cc3cc(OCCCC(=O)Nc4cn(C)c(C(=O)Cc5ccc(-c6cc(C(=O)n7ccc8cc(CC(=O)[C@H](C)NC(=O)[C@H](C)NC(=O)CC[C@H](CC(=O)CCOCCOCCCC(=O)CCN9C(=O)C=CC9=O)C(=O)NCC(=O)CCC(=O)NCC(=O)CCC(=O)NCCOCCOC)ccc87)n(C)c6)cc5)n4)c(C)cc3C(=O)N2C1. The van der Waals surface area contributed by atoms with Crippen LogP contribution in [0, 0.1) is 12.8 Å². The summed E-state index contributed by atoms with van der Waals surface area (Å²) in [7, 11) is 0.385. The number of ketones is 6. The molecule has 0 spiro atoms. The number of methoxy groups -OCH3 is 1. The molecule has 1 fully saturated rings. The minimum atomic E-state index is -4.53. The van der Waals surface area contributed by atoms with Crippen LogP contribution in [-0.4, -0.2) is 251 Å². The van der Waals surface area contributed by atoms with E-state index in [4.69, 9.17) is 23.7 Å². The van der Waals surface area contributed by atoms with Crippen LogP contribution in [-0.2, 0) is 125 Å². The van der Waals surface area contributed by atoms with Crippen molar-refractivity contribution in [3.05, 3.63) is 149 Å². The fourth-order valence-electron chi connectivity index (χ4n) is 14.4. The molecule has 6 aromatic rings. The largest absolute Gasteiger partial charge is 0.493 e. The summed E-state index contributed by atoms with van der Waals surface area (Å²) in [6, 6.07) is 16.3. The van der Waals surface area contributed by atoms with Gasteiger partial charge in [0.05, 0.1) is 76.9 Å². The number of nitrogens with zero attached hydrogens (tertiary/aromatic N) is 6. The lowest BCUT2D eigenvalue weighted by Crippen LogP contribution is -2.49. The predicted octanol–water partition coefficient (Wildman–Crippen LogP) is 4.46. The lowest BCUT2D eigenvalue weighted by molar-refractivity contribution is -0.137. The van der Waals surface area contributed by atoms with Crippen LogP contribution >= 0.6 is 0 Å². The molecule has 37 heteroatoms. The van der Waals surface area contributed by atoms with Gasteiger partial charge in [-0.1, -0.05) is 42.5 Å². The van der Waals surface area contributed by atoms with Gasteiger partial charge in [0.2, 0.25) is 41.2 Å². The van der Waals surface area contributed by atoms with Gasteiger partial charge in [0, 0.05) is 178 Å². The first kappa shape index (κ1) is 96.7. The Labute approximate surface area is 722 Å². The van der Waals surface area contributed by atoms with Crippen LogP contribution in [0.2, 0.25) is 0 Å². The molecule has 0 saturated carbocycles. The standard InChI is InChI=1S/C88H108N12O24S/c1-54-40-71-76(125(117,118)119)48-63-47-75(55(2)41-69(63)87(115)100(71)51-54)124-33-9-11-80(109)94-77-53-97(6)84(95-77)74(106)43-58-12-15-60(16-13-58)64-46-72(96(5)52-64)88(116)98-30-26-61-42-59(14-20-70(61)98)44-73(105)56(3)93-85(113)57(4)92-81(110)21-17-62(45-66(102)28-34-122-39-38-121-32-8-10-65(101)27-31-99-82(111)24-25-83(99)112)86(114)91-50-68(104)19-23-79(108)90-49-67(103)18-22-78(107)89-29-35-123-37-36-120-7/h12-16,20,24-26,30,41-42,46-47,52-53,56-57,62,71,76H,1,8-11,17-19,21-23,27-29,31-40,43-45,48-51H2,2-7H3,(H,89,107)(H,90,108)(H,91,114)(H,92,110)(H,93,113)(H,94,109)(H,117,118,119)/t56-,57-,62+,71-,76?/m0/s1. The molecule has 0 bridgehead atoms. The van der Waals surface area contributed by atoms with E-state index >= 15 is 0 Å². The first-order valence-corrected chi connectivity index (χ1v) is 42.9. The number of nitrogens with one attached hydrogen (secondary N) is 6. The number of Topliss-reactive ketones (excluding diaryl/α,β-unsaturated/α-hetero) is 6. The smallest absolute Gasteiger partial charge is 0.278 e. The molecule has 670 valence electrons. The van der Waals surface area contributed by atoms with Gasteiger partial charge in [-0.05, 0) is 117 Å². The van der Waals surface area contributed by atoms with Gasteiger partial charge in [0.1, 0.15) is 34.3 Å². The first-order chi connectivity index (χ1) is 59.6. The van der Waals surface area contributed by atoms with Gasteiger partial charge in [-0.15, -0.1) is 0 Å². The fourth-order valence-corrected chi connectivity index (χ4v) is 15.4. The van der Waals surface area contributed by atoms with Gasteiger partial charge in [-0.2, -0.15) is 8.42 Å². The number of imidazole rings is 1. The van der Waals surface area contributed by atoms with Gasteiger partial charge < -0.3 is 69.6 Å². The summed E-state index contributed by atoms with van der Waals surface area (Å²) < 4.78 is 67.2. The number of hydrogen-bond acceptors (Lipinski definition) is 24. The molecule has 7 N–H and O–H groups in total.